The summed E-state index contributed by atoms with van der Waals surface area (Å²) in [6, 6.07) is 15.6. The first kappa shape index (κ1) is 11.9. The molecule has 0 unspecified atom stereocenters. The van der Waals surface area contributed by atoms with Gasteiger partial charge in [-0.2, -0.15) is 0 Å². The molecule has 0 fully saturated rings. The molecule has 1 aliphatic heterocycles. The highest BCUT2D eigenvalue weighted by atomic mass is 16.5. The predicted octanol–water partition coefficient (Wildman–Crippen LogP) is 1.80. The Hall–Kier alpha value is -2.20. The molecule has 0 amide bonds. The summed E-state index contributed by atoms with van der Waals surface area (Å²) in [5.41, 5.74) is 3.70. The second kappa shape index (κ2) is 4.82. The van der Waals surface area contributed by atoms with Crippen LogP contribution in [0, 0.1) is 0 Å². The van der Waals surface area contributed by atoms with Gasteiger partial charge in [-0.25, -0.2) is 0 Å². The minimum atomic E-state index is -0.947. The monoisotopic (exact) mass is 252 g/mol. The molecule has 3 nitrogen and oxygen atoms in total. The Balaban J connectivity index is 2.12. The number of methoxy groups -OCH3 is 1. The maximum Gasteiger partial charge on any atom is 0.560 e. The van der Waals surface area contributed by atoms with E-state index in [1.165, 1.54) is 0 Å². The third-order valence-electron chi connectivity index (χ3n) is 3.21. The number of fused-ring (bicyclic) bond motifs is 1. The van der Waals surface area contributed by atoms with Crippen molar-refractivity contribution in [2.24, 2.45) is 0 Å². The molecule has 3 rings (SSSR count). The number of ether oxygens (including phenoxy) is 1. The maximum absolute atomic E-state index is 9.92. The van der Waals surface area contributed by atoms with E-state index in [4.69, 9.17) is 9.39 Å². The smallest absolute Gasteiger partial charge is 0.538 e. The summed E-state index contributed by atoms with van der Waals surface area (Å²) in [6.07, 6.45) is 1.61. The van der Waals surface area contributed by atoms with Crippen molar-refractivity contribution < 1.29 is 14.4 Å². The molecule has 19 heavy (non-hydrogen) atoms. The maximum atomic E-state index is 9.92. The first-order chi connectivity index (χ1) is 9.29. The average Bonchev–Trinajstić information content (AvgIpc) is 2.48. The van der Waals surface area contributed by atoms with E-state index in [9.17, 15) is 5.02 Å². The lowest BCUT2D eigenvalue weighted by atomic mass is 9.72. The van der Waals surface area contributed by atoms with Crippen molar-refractivity contribution in [2.45, 2.75) is 0 Å². The van der Waals surface area contributed by atoms with Crippen molar-refractivity contribution in [1.29, 1.82) is 0 Å². The van der Waals surface area contributed by atoms with E-state index < -0.39 is 7.12 Å². The molecule has 1 aliphatic rings. The fourth-order valence-corrected chi connectivity index (χ4v) is 2.23. The van der Waals surface area contributed by atoms with Gasteiger partial charge in [0.1, 0.15) is 5.75 Å². The molecule has 0 bridgehead atoms. The van der Waals surface area contributed by atoms with E-state index in [1.54, 1.807) is 19.4 Å². The normalized spacial score (nSPS) is 13.4. The first-order valence-electron chi connectivity index (χ1n) is 6.07. The Bertz CT molecular complexity index is 623. The average molecular weight is 252 g/mol. The number of benzene rings is 2. The van der Waals surface area contributed by atoms with Crippen molar-refractivity contribution >= 4 is 18.2 Å². The Morgan fingerprint density at radius 1 is 1.11 bits per heavy atom. The topological polar surface area (TPSA) is 38.7 Å². The molecular weight excluding hydrogens is 239 g/mol. The molecule has 94 valence electrons. The quantitative estimate of drug-likeness (QED) is 0.828. The van der Waals surface area contributed by atoms with Crippen molar-refractivity contribution in [1.82, 2.24) is 0 Å². The molecule has 1 N–H and O–H groups in total. The predicted molar refractivity (Wildman–Crippen MR) is 75.2 cm³/mol. The minimum absolute atomic E-state index is 0.704. The van der Waals surface area contributed by atoms with Gasteiger partial charge >= 0.3 is 7.12 Å². The van der Waals surface area contributed by atoms with Crippen molar-refractivity contribution in [3.63, 3.8) is 0 Å². The lowest BCUT2D eigenvalue weighted by molar-refractivity contribution is 0.383. The first-order valence-corrected chi connectivity index (χ1v) is 6.07. The van der Waals surface area contributed by atoms with Crippen LogP contribution in [-0.4, -0.2) is 19.3 Å². The second-order valence-corrected chi connectivity index (χ2v) is 4.34. The molecule has 0 radical (unpaired) electrons. The molecule has 0 saturated carbocycles. The van der Waals surface area contributed by atoms with Crippen LogP contribution in [0.15, 0.2) is 54.8 Å². The van der Waals surface area contributed by atoms with Gasteiger partial charge in [0, 0.05) is 11.0 Å². The van der Waals surface area contributed by atoms with Crippen LogP contribution in [0.4, 0.5) is 0 Å². The summed E-state index contributed by atoms with van der Waals surface area (Å²) in [6.45, 7) is 0. The third kappa shape index (κ3) is 2.11. The van der Waals surface area contributed by atoms with E-state index in [0.717, 1.165) is 22.2 Å². The van der Waals surface area contributed by atoms with Gasteiger partial charge in [-0.05, 0) is 23.3 Å². The van der Waals surface area contributed by atoms with E-state index in [0.29, 0.717) is 5.75 Å². The fourth-order valence-electron chi connectivity index (χ4n) is 2.23. The standard InChI is InChI=1S/C15H13BO3/c1-18-12-7-8-13-14(11-5-3-2-4-6-11)10-19-16(17)15(13)9-12/h2-10,17H,1H3. The van der Waals surface area contributed by atoms with Crippen LogP contribution in [0.1, 0.15) is 11.1 Å². The molecule has 0 saturated heterocycles. The summed E-state index contributed by atoms with van der Waals surface area (Å²) < 4.78 is 10.5. The fraction of sp³-hybridized carbons (Fsp3) is 0.0667. The second-order valence-electron chi connectivity index (χ2n) is 4.34. The van der Waals surface area contributed by atoms with Crippen LogP contribution in [0.5, 0.6) is 5.75 Å². The van der Waals surface area contributed by atoms with Gasteiger partial charge in [-0.3, -0.25) is 0 Å². The summed E-state index contributed by atoms with van der Waals surface area (Å²) in [5.74, 6) is 0.704. The Labute approximate surface area is 112 Å². The van der Waals surface area contributed by atoms with E-state index in [-0.39, 0.29) is 0 Å². The Kier molecular flexibility index (Phi) is 3.01. The zero-order valence-electron chi connectivity index (χ0n) is 10.5. The zero-order valence-corrected chi connectivity index (χ0v) is 10.5. The van der Waals surface area contributed by atoms with E-state index >= 15 is 0 Å². The van der Waals surface area contributed by atoms with E-state index in [2.05, 4.69) is 0 Å². The summed E-state index contributed by atoms with van der Waals surface area (Å²) >= 11 is 0. The van der Waals surface area contributed by atoms with Gasteiger partial charge in [-0.15, -0.1) is 0 Å². The highest BCUT2D eigenvalue weighted by Gasteiger charge is 2.28. The van der Waals surface area contributed by atoms with Crippen LogP contribution in [0.3, 0.4) is 0 Å². The van der Waals surface area contributed by atoms with Crippen molar-refractivity contribution in [3.05, 3.63) is 65.9 Å². The van der Waals surface area contributed by atoms with Gasteiger partial charge in [0.2, 0.25) is 0 Å². The number of rotatable bonds is 2. The molecule has 0 aliphatic carbocycles. The third-order valence-corrected chi connectivity index (χ3v) is 3.21. The highest BCUT2D eigenvalue weighted by Crippen LogP contribution is 2.27. The molecule has 0 atom stereocenters. The van der Waals surface area contributed by atoms with E-state index in [1.807, 2.05) is 42.5 Å². The lowest BCUT2D eigenvalue weighted by Crippen LogP contribution is -2.37. The zero-order chi connectivity index (χ0) is 13.2. The molecule has 2 aromatic carbocycles. The Morgan fingerprint density at radius 2 is 1.89 bits per heavy atom. The van der Waals surface area contributed by atoms with Crippen LogP contribution in [-0.2, 0) is 4.65 Å². The minimum Gasteiger partial charge on any atom is -0.538 e. The number of hydrogen-bond donors (Lipinski definition) is 1. The van der Waals surface area contributed by atoms with Crippen LogP contribution >= 0.6 is 0 Å². The number of hydrogen-bond acceptors (Lipinski definition) is 3. The molecule has 0 aromatic heterocycles. The summed E-state index contributed by atoms with van der Waals surface area (Å²) in [5, 5.41) is 9.92. The van der Waals surface area contributed by atoms with Crippen LogP contribution in [0.25, 0.3) is 5.57 Å². The van der Waals surface area contributed by atoms with Gasteiger partial charge in [0.25, 0.3) is 0 Å². The van der Waals surface area contributed by atoms with Gasteiger partial charge < -0.3 is 14.4 Å². The molecule has 0 spiro atoms. The summed E-state index contributed by atoms with van der Waals surface area (Å²) in [4.78, 5) is 0. The SMILES string of the molecule is COc1ccc2c(c1)B(O)OC=C2c1ccccc1. The van der Waals surface area contributed by atoms with Crippen molar-refractivity contribution in [2.75, 3.05) is 7.11 Å². The van der Waals surface area contributed by atoms with Gasteiger partial charge in [0.15, 0.2) is 0 Å². The molecular formula is C15H13BO3. The molecule has 2 aromatic rings. The van der Waals surface area contributed by atoms with Gasteiger partial charge in [-0.1, -0.05) is 36.4 Å². The van der Waals surface area contributed by atoms with Gasteiger partial charge in [0.05, 0.1) is 13.4 Å². The largest absolute Gasteiger partial charge is 0.560 e. The summed E-state index contributed by atoms with van der Waals surface area (Å²) in [7, 11) is 0.656. The molecule has 1 heterocycles. The highest BCUT2D eigenvalue weighted by molar-refractivity contribution is 6.62. The van der Waals surface area contributed by atoms with Crippen LogP contribution < -0.4 is 10.2 Å². The van der Waals surface area contributed by atoms with Crippen molar-refractivity contribution in [3.8, 4) is 5.75 Å². The Morgan fingerprint density at radius 3 is 2.63 bits per heavy atom. The molecule has 4 heteroatoms. The van der Waals surface area contributed by atoms with Crippen LogP contribution in [0.2, 0.25) is 0 Å². The lowest BCUT2D eigenvalue weighted by Gasteiger charge is -2.21.